The van der Waals surface area contributed by atoms with Crippen molar-refractivity contribution in [2.24, 2.45) is 0 Å². The van der Waals surface area contributed by atoms with Crippen LogP contribution in [-0.2, 0) is 11.3 Å². The summed E-state index contributed by atoms with van der Waals surface area (Å²) in [7, 11) is 0. The maximum atomic E-state index is 13.2. The molecule has 5 heteroatoms. The molecule has 0 spiro atoms. The normalized spacial score (nSPS) is 10.3. The van der Waals surface area contributed by atoms with Crippen molar-refractivity contribution in [3.05, 3.63) is 63.4 Å². The van der Waals surface area contributed by atoms with Gasteiger partial charge in [0.25, 0.3) is 0 Å². The summed E-state index contributed by atoms with van der Waals surface area (Å²) >= 11 is 3.19. The Morgan fingerprint density at radius 3 is 2.70 bits per heavy atom. The largest absolute Gasteiger partial charge is 0.457 e. The molecule has 0 saturated heterocycles. The molecule has 0 radical (unpaired) electrons. The Morgan fingerprint density at radius 1 is 1.30 bits per heavy atom. The molecular formula is C15H13BrFNO2. The molecule has 104 valence electrons. The molecule has 0 unspecified atom stereocenters. The molecule has 2 rings (SSSR count). The molecule has 0 bridgehead atoms. The van der Waals surface area contributed by atoms with E-state index in [1.54, 1.807) is 24.3 Å². The number of nitrogens with two attached hydrogens (primary N) is 1. The van der Waals surface area contributed by atoms with Crippen LogP contribution in [0.2, 0.25) is 0 Å². The quantitative estimate of drug-likeness (QED) is 0.683. The predicted molar refractivity (Wildman–Crippen MR) is 78.8 cm³/mol. The number of benzene rings is 2. The van der Waals surface area contributed by atoms with Crippen molar-refractivity contribution < 1.29 is 13.9 Å². The maximum absolute atomic E-state index is 13.2. The maximum Gasteiger partial charge on any atom is 0.338 e. The van der Waals surface area contributed by atoms with Crippen molar-refractivity contribution in [3.8, 4) is 0 Å². The van der Waals surface area contributed by atoms with E-state index < -0.39 is 5.97 Å². The van der Waals surface area contributed by atoms with Crippen LogP contribution in [-0.4, -0.2) is 5.97 Å². The lowest BCUT2D eigenvalue weighted by Gasteiger charge is -2.07. The summed E-state index contributed by atoms with van der Waals surface area (Å²) in [5, 5.41) is 0. The smallest absolute Gasteiger partial charge is 0.338 e. The molecular weight excluding hydrogens is 325 g/mol. The van der Waals surface area contributed by atoms with Crippen LogP contribution in [0, 0.1) is 12.7 Å². The standard InChI is InChI=1S/C15H13BrFNO2/c1-9-2-3-11(6-14(9)18)15(19)20-8-10-4-12(16)7-13(17)5-10/h2-7H,8,18H2,1H3. The molecule has 20 heavy (non-hydrogen) atoms. The van der Waals surface area contributed by atoms with Crippen molar-refractivity contribution in [1.29, 1.82) is 0 Å². The summed E-state index contributed by atoms with van der Waals surface area (Å²) < 4.78 is 18.9. The Balaban J connectivity index is 2.06. The molecule has 0 amide bonds. The topological polar surface area (TPSA) is 52.3 Å². The Morgan fingerprint density at radius 2 is 2.05 bits per heavy atom. The van der Waals surface area contributed by atoms with Gasteiger partial charge in [0.15, 0.2) is 0 Å². The average molecular weight is 338 g/mol. The van der Waals surface area contributed by atoms with Crippen LogP contribution in [0.5, 0.6) is 0 Å². The second-order valence-corrected chi connectivity index (χ2v) is 5.34. The van der Waals surface area contributed by atoms with E-state index in [1.165, 1.54) is 12.1 Å². The lowest BCUT2D eigenvalue weighted by Crippen LogP contribution is -2.06. The molecule has 2 aromatic carbocycles. The lowest BCUT2D eigenvalue weighted by atomic mass is 10.1. The summed E-state index contributed by atoms with van der Waals surface area (Å²) in [5.41, 5.74) is 8.13. The molecule has 2 N–H and O–H groups in total. The number of esters is 1. The van der Waals surface area contributed by atoms with Crippen LogP contribution in [0.1, 0.15) is 21.5 Å². The minimum atomic E-state index is -0.489. The number of carbonyl (C=O) groups is 1. The van der Waals surface area contributed by atoms with Gasteiger partial charge >= 0.3 is 5.97 Å². The molecule has 0 aromatic heterocycles. The number of aryl methyl sites for hydroxylation is 1. The number of anilines is 1. The van der Waals surface area contributed by atoms with E-state index in [9.17, 15) is 9.18 Å². The second kappa shape index (κ2) is 6.05. The monoisotopic (exact) mass is 337 g/mol. The summed E-state index contributed by atoms with van der Waals surface area (Å²) in [5.74, 6) is -0.873. The Kier molecular flexibility index (Phi) is 4.39. The van der Waals surface area contributed by atoms with Gasteiger partial charge in [0, 0.05) is 10.2 Å². The first kappa shape index (κ1) is 14.5. The van der Waals surface area contributed by atoms with E-state index in [0.29, 0.717) is 21.3 Å². The minimum Gasteiger partial charge on any atom is -0.457 e. The number of halogens is 2. The van der Waals surface area contributed by atoms with E-state index >= 15 is 0 Å². The Labute approximate surface area is 124 Å². The van der Waals surface area contributed by atoms with Gasteiger partial charge < -0.3 is 10.5 Å². The zero-order chi connectivity index (χ0) is 14.7. The van der Waals surface area contributed by atoms with Crippen LogP contribution in [0.4, 0.5) is 10.1 Å². The van der Waals surface area contributed by atoms with Gasteiger partial charge in [-0.15, -0.1) is 0 Å². The highest BCUT2D eigenvalue weighted by atomic mass is 79.9. The van der Waals surface area contributed by atoms with E-state index in [4.69, 9.17) is 10.5 Å². The molecule has 0 heterocycles. The summed E-state index contributed by atoms with van der Waals surface area (Å²) in [6.07, 6.45) is 0. The number of nitrogen functional groups attached to an aromatic ring is 1. The van der Waals surface area contributed by atoms with Crippen LogP contribution >= 0.6 is 15.9 Å². The van der Waals surface area contributed by atoms with E-state index in [1.807, 2.05) is 6.92 Å². The summed E-state index contributed by atoms with van der Waals surface area (Å²) in [4.78, 5) is 11.9. The van der Waals surface area contributed by atoms with E-state index in [-0.39, 0.29) is 12.4 Å². The lowest BCUT2D eigenvalue weighted by molar-refractivity contribution is 0.0472. The van der Waals surface area contributed by atoms with Gasteiger partial charge in [0.1, 0.15) is 12.4 Å². The van der Waals surface area contributed by atoms with Gasteiger partial charge in [0.05, 0.1) is 5.56 Å². The van der Waals surface area contributed by atoms with Crippen LogP contribution in [0.3, 0.4) is 0 Å². The number of carbonyl (C=O) groups excluding carboxylic acids is 1. The van der Waals surface area contributed by atoms with E-state index in [0.717, 1.165) is 5.56 Å². The zero-order valence-corrected chi connectivity index (χ0v) is 12.4. The highest BCUT2D eigenvalue weighted by Crippen LogP contribution is 2.17. The molecule has 0 aliphatic heterocycles. The molecule has 3 nitrogen and oxygen atoms in total. The fourth-order valence-electron chi connectivity index (χ4n) is 1.69. The number of ether oxygens (including phenoxy) is 1. The highest BCUT2D eigenvalue weighted by molar-refractivity contribution is 9.10. The molecule has 0 fully saturated rings. The van der Waals surface area contributed by atoms with Gasteiger partial charge in [0.2, 0.25) is 0 Å². The van der Waals surface area contributed by atoms with Gasteiger partial charge in [-0.3, -0.25) is 0 Å². The Hall–Kier alpha value is -1.88. The third-order valence-electron chi connectivity index (χ3n) is 2.81. The zero-order valence-electron chi connectivity index (χ0n) is 10.8. The number of hydrogen-bond acceptors (Lipinski definition) is 3. The number of rotatable bonds is 3. The van der Waals surface area contributed by atoms with Crippen molar-refractivity contribution in [2.75, 3.05) is 5.73 Å². The number of hydrogen-bond donors (Lipinski definition) is 1. The van der Waals surface area contributed by atoms with Crippen LogP contribution in [0.25, 0.3) is 0 Å². The second-order valence-electron chi connectivity index (χ2n) is 4.43. The molecule has 2 aromatic rings. The van der Waals surface area contributed by atoms with Crippen molar-refractivity contribution in [1.82, 2.24) is 0 Å². The van der Waals surface area contributed by atoms with Crippen LogP contribution in [0.15, 0.2) is 40.9 Å². The molecule has 0 aliphatic rings. The van der Waals surface area contributed by atoms with Crippen molar-refractivity contribution >= 4 is 27.6 Å². The SMILES string of the molecule is Cc1ccc(C(=O)OCc2cc(F)cc(Br)c2)cc1N. The van der Waals surface area contributed by atoms with Crippen molar-refractivity contribution in [3.63, 3.8) is 0 Å². The third-order valence-corrected chi connectivity index (χ3v) is 3.27. The van der Waals surface area contributed by atoms with Crippen LogP contribution < -0.4 is 5.73 Å². The fourth-order valence-corrected chi connectivity index (χ4v) is 2.21. The first-order valence-electron chi connectivity index (χ1n) is 5.94. The van der Waals surface area contributed by atoms with E-state index in [2.05, 4.69) is 15.9 Å². The van der Waals surface area contributed by atoms with Gasteiger partial charge in [-0.05, 0) is 48.4 Å². The molecule has 0 atom stereocenters. The van der Waals surface area contributed by atoms with Gasteiger partial charge in [-0.25, -0.2) is 9.18 Å². The highest BCUT2D eigenvalue weighted by Gasteiger charge is 2.09. The van der Waals surface area contributed by atoms with Gasteiger partial charge in [-0.1, -0.05) is 22.0 Å². The fraction of sp³-hybridized carbons (Fsp3) is 0.133. The van der Waals surface area contributed by atoms with Crippen molar-refractivity contribution in [2.45, 2.75) is 13.5 Å². The molecule has 0 saturated carbocycles. The Bertz CT molecular complexity index is 638. The molecule has 0 aliphatic carbocycles. The first-order chi connectivity index (χ1) is 9.45. The first-order valence-corrected chi connectivity index (χ1v) is 6.73. The summed E-state index contributed by atoms with van der Waals surface area (Å²) in [6, 6.07) is 9.33. The predicted octanol–water partition coefficient (Wildman–Crippen LogP) is 3.84. The third kappa shape index (κ3) is 3.57. The minimum absolute atomic E-state index is 0.00295. The van der Waals surface area contributed by atoms with Gasteiger partial charge in [-0.2, -0.15) is 0 Å². The summed E-state index contributed by atoms with van der Waals surface area (Å²) in [6.45, 7) is 1.86. The average Bonchev–Trinajstić information content (AvgIpc) is 2.38.